The van der Waals surface area contributed by atoms with Crippen molar-refractivity contribution in [1.29, 1.82) is 0 Å². The molecule has 3 heterocycles. The largest absolute Gasteiger partial charge is 0.382 e. The average Bonchev–Trinajstić information content (AvgIpc) is 2.93. The van der Waals surface area contributed by atoms with Gasteiger partial charge < -0.3 is 11.1 Å². The minimum atomic E-state index is -0.470. The van der Waals surface area contributed by atoms with Gasteiger partial charge in [0.15, 0.2) is 0 Å². The molecule has 8 nitrogen and oxygen atoms in total. The smallest absolute Gasteiger partial charge is 0.267 e. The predicted molar refractivity (Wildman–Crippen MR) is 150 cm³/mol. The number of aromatic nitrogens is 5. The normalized spacial score (nSPS) is 11.6. The summed E-state index contributed by atoms with van der Waals surface area (Å²) < 4.78 is 1.56. The third-order valence-electron chi connectivity index (χ3n) is 6.05. The molecule has 38 heavy (non-hydrogen) atoms. The Morgan fingerprint density at radius 1 is 1.05 bits per heavy atom. The Morgan fingerprint density at radius 2 is 1.87 bits per heavy atom. The minimum absolute atomic E-state index is 0.229. The third kappa shape index (κ3) is 4.92. The van der Waals surface area contributed by atoms with E-state index in [1.807, 2.05) is 49.4 Å². The Kier molecular flexibility index (Phi) is 7.03. The van der Waals surface area contributed by atoms with Gasteiger partial charge in [-0.25, -0.2) is 19.9 Å². The van der Waals surface area contributed by atoms with E-state index in [1.165, 1.54) is 6.33 Å². The molecule has 1 unspecified atom stereocenters. The van der Waals surface area contributed by atoms with E-state index in [0.29, 0.717) is 44.5 Å². The molecule has 0 aliphatic rings. The van der Waals surface area contributed by atoms with Crippen molar-refractivity contribution >= 4 is 34.1 Å². The van der Waals surface area contributed by atoms with Crippen LogP contribution in [0.5, 0.6) is 0 Å². The van der Waals surface area contributed by atoms with E-state index >= 15 is 0 Å². The van der Waals surface area contributed by atoms with E-state index in [1.54, 1.807) is 29.0 Å². The summed E-state index contributed by atoms with van der Waals surface area (Å²) in [6.45, 7) is 3.96. The fourth-order valence-electron chi connectivity index (χ4n) is 4.11. The van der Waals surface area contributed by atoms with Gasteiger partial charge in [-0.1, -0.05) is 48.7 Å². The number of hydrogen-bond donors (Lipinski definition) is 2. The number of halogens is 1. The summed E-state index contributed by atoms with van der Waals surface area (Å²) in [5.41, 5.74) is 9.28. The topological polar surface area (TPSA) is 112 Å². The van der Waals surface area contributed by atoms with Crippen LogP contribution < -0.4 is 16.6 Å². The number of nitrogens with two attached hydrogens (primary N) is 1. The minimum Gasteiger partial charge on any atom is -0.382 e. The second-order valence-corrected chi connectivity index (χ2v) is 8.99. The van der Waals surface area contributed by atoms with Crippen molar-refractivity contribution in [2.45, 2.75) is 26.3 Å². The molecule has 0 fully saturated rings. The zero-order chi connectivity index (χ0) is 26.6. The van der Waals surface area contributed by atoms with Crippen LogP contribution in [0.2, 0.25) is 5.02 Å². The molecule has 1 atom stereocenters. The summed E-state index contributed by atoms with van der Waals surface area (Å²) >= 11 is 6.41. The van der Waals surface area contributed by atoms with Gasteiger partial charge in [0.2, 0.25) is 0 Å². The highest BCUT2D eigenvalue weighted by Gasteiger charge is 2.21. The van der Waals surface area contributed by atoms with Crippen molar-refractivity contribution in [2.75, 3.05) is 11.1 Å². The number of anilines is 2. The summed E-state index contributed by atoms with van der Waals surface area (Å²) in [6, 6.07) is 17.9. The van der Waals surface area contributed by atoms with E-state index in [9.17, 15) is 4.79 Å². The van der Waals surface area contributed by atoms with Crippen LogP contribution in [-0.2, 0) is 6.42 Å². The van der Waals surface area contributed by atoms with Crippen LogP contribution in [0.3, 0.4) is 0 Å². The SMILES string of the molecule is CCc1ccnc(C#Cc2c(N)ncnc2NC(C)c2nc3cccc(Cl)c3c(=O)n2-c2ccccc2)c1. The van der Waals surface area contributed by atoms with Crippen molar-refractivity contribution in [3.05, 3.63) is 111 Å². The van der Waals surface area contributed by atoms with Crippen LogP contribution in [0.15, 0.2) is 78.0 Å². The third-order valence-corrected chi connectivity index (χ3v) is 6.37. The fourth-order valence-corrected chi connectivity index (χ4v) is 4.36. The van der Waals surface area contributed by atoms with Crippen LogP contribution in [0.25, 0.3) is 16.6 Å². The molecule has 0 aliphatic carbocycles. The molecule has 2 aromatic carbocycles. The van der Waals surface area contributed by atoms with Gasteiger partial charge in [0.05, 0.1) is 27.7 Å². The number of nitrogens with one attached hydrogen (secondary N) is 1. The van der Waals surface area contributed by atoms with E-state index < -0.39 is 6.04 Å². The van der Waals surface area contributed by atoms with Gasteiger partial charge in [-0.2, -0.15) is 0 Å². The van der Waals surface area contributed by atoms with E-state index in [4.69, 9.17) is 22.3 Å². The van der Waals surface area contributed by atoms with E-state index in [0.717, 1.165) is 12.0 Å². The lowest BCUT2D eigenvalue weighted by atomic mass is 10.1. The van der Waals surface area contributed by atoms with Crippen LogP contribution in [-0.4, -0.2) is 24.5 Å². The summed E-state index contributed by atoms with van der Waals surface area (Å²) in [4.78, 5) is 31.4. The zero-order valence-corrected chi connectivity index (χ0v) is 21.6. The molecule has 0 saturated heterocycles. The Labute approximate surface area is 224 Å². The zero-order valence-electron chi connectivity index (χ0n) is 20.8. The van der Waals surface area contributed by atoms with Crippen molar-refractivity contribution in [1.82, 2.24) is 24.5 Å². The first-order valence-electron chi connectivity index (χ1n) is 12.1. The van der Waals surface area contributed by atoms with Gasteiger partial charge in [0.1, 0.15) is 35.0 Å². The second kappa shape index (κ2) is 10.7. The lowest BCUT2D eigenvalue weighted by Gasteiger charge is -2.21. The van der Waals surface area contributed by atoms with Gasteiger partial charge in [0, 0.05) is 6.20 Å². The number of nitrogens with zero attached hydrogens (tertiary/aromatic N) is 5. The van der Waals surface area contributed by atoms with E-state index in [-0.39, 0.29) is 11.4 Å². The molecular formula is C29H24ClN7O. The van der Waals surface area contributed by atoms with E-state index in [2.05, 4.69) is 39.0 Å². The maximum Gasteiger partial charge on any atom is 0.267 e. The van der Waals surface area contributed by atoms with Crippen LogP contribution in [0.1, 0.15) is 42.5 Å². The lowest BCUT2D eigenvalue weighted by Crippen LogP contribution is -2.27. The number of pyridine rings is 1. The molecule has 5 aromatic rings. The molecule has 0 aliphatic heterocycles. The predicted octanol–water partition coefficient (Wildman–Crippen LogP) is 4.94. The van der Waals surface area contributed by atoms with Crippen molar-refractivity contribution in [3.8, 4) is 17.5 Å². The van der Waals surface area contributed by atoms with Gasteiger partial charge in [-0.05, 0) is 61.2 Å². The first kappa shape index (κ1) is 24.9. The molecule has 188 valence electrons. The maximum absolute atomic E-state index is 13.7. The standard InChI is InChI=1S/C29H24ClN7O/c1-3-19-14-15-32-20(16-19)12-13-22-26(31)33-17-34-27(22)35-18(2)28-36-24-11-7-10-23(30)25(24)29(38)37(28)21-8-5-4-6-9-21/h4-11,14-18H,3H2,1-2H3,(H3,31,33,34,35). The van der Waals surface area contributed by atoms with Gasteiger partial charge in [-0.15, -0.1) is 0 Å². The van der Waals surface area contributed by atoms with Crippen LogP contribution in [0.4, 0.5) is 11.6 Å². The average molecular weight is 522 g/mol. The highest BCUT2D eigenvalue weighted by atomic mass is 35.5. The number of aryl methyl sites for hydroxylation is 1. The molecule has 0 bridgehead atoms. The molecule has 3 aromatic heterocycles. The molecule has 0 spiro atoms. The number of para-hydroxylation sites is 1. The number of hydrogen-bond acceptors (Lipinski definition) is 7. The van der Waals surface area contributed by atoms with Crippen LogP contribution >= 0.6 is 11.6 Å². The highest BCUT2D eigenvalue weighted by molar-refractivity contribution is 6.35. The molecule has 5 rings (SSSR count). The number of nitrogen functional groups attached to an aromatic ring is 1. The first-order chi connectivity index (χ1) is 18.5. The van der Waals surface area contributed by atoms with Crippen LogP contribution in [0, 0.1) is 11.8 Å². The van der Waals surface area contributed by atoms with Crippen molar-refractivity contribution < 1.29 is 0 Å². The van der Waals surface area contributed by atoms with Crippen molar-refractivity contribution in [3.63, 3.8) is 0 Å². The molecule has 0 saturated carbocycles. The Balaban J connectivity index is 1.60. The summed E-state index contributed by atoms with van der Waals surface area (Å²) in [5, 5.41) is 4.04. The molecule has 9 heteroatoms. The molecule has 0 amide bonds. The van der Waals surface area contributed by atoms with Gasteiger partial charge >= 0.3 is 0 Å². The monoisotopic (exact) mass is 521 g/mol. The Morgan fingerprint density at radius 3 is 2.66 bits per heavy atom. The summed E-state index contributed by atoms with van der Waals surface area (Å²) in [6.07, 6.45) is 3.98. The van der Waals surface area contributed by atoms with Gasteiger partial charge in [0.25, 0.3) is 5.56 Å². The molecule has 3 N–H and O–H groups in total. The Bertz CT molecular complexity index is 1760. The second-order valence-electron chi connectivity index (χ2n) is 8.58. The van der Waals surface area contributed by atoms with Crippen molar-refractivity contribution in [2.24, 2.45) is 0 Å². The van der Waals surface area contributed by atoms with Gasteiger partial charge in [-0.3, -0.25) is 9.36 Å². The quantitative estimate of drug-likeness (QED) is 0.315. The maximum atomic E-state index is 13.7. The summed E-state index contributed by atoms with van der Waals surface area (Å²) in [7, 11) is 0. The number of benzene rings is 2. The Hall–Kier alpha value is -4.74. The molecule has 0 radical (unpaired) electrons. The number of fused-ring (bicyclic) bond motifs is 1. The fraction of sp³-hybridized carbons (Fsp3) is 0.138. The lowest BCUT2D eigenvalue weighted by molar-refractivity contribution is 0.730. The summed E-state index contributed by atoms with van der Waals surface area (Å²) in [5.74, 6) is 7.26. The molecular weight excluding hydrogens is 498 g/mol. The highest BCUT2D eigenvalue weighted by Crippen LogP contribution is 2.26. The first-order valence-corrected chi connectivity index (χ1v) is 12.4. The number of rotatable bonds is 5.